The molecule has 14 heavy (non-hydrogen) atoms. The van der Waals surface area contributed by atoms with E-state index in [0.717, 1.165) is 18.2 Å². The molecule has 0 bridgehead atoms. The second kappa shape index (κ2) is 7.19. The number of allylic oxidation sites excluding steroid dienone is 1. The number of aromatic nitrogens is 1. The molecule has 0 aliphatic carbocycles. The van der Waals surface area contributed by atoms with Crippen LogP contribution in [-0.2, 0) is 0 Å². The maximum Gasteiger partial charge on any atom is 0.0383 e. The highest BCUT2D eigenvalue weighted by atomic mass is 14.6. The third kappa shape index (κ3) is 3.25. The maximum absolute atomic E-state index is 3.91. The second-order valence-electron chi connectivity index (χ2n) is 2.85. The van der Waals surface area contributed by atoms with Gasteiger partial charge < -0.3 is 4.98 Å². The second-order valence-corrected chi connectivity index (χ2v) is 2.85. The molecule has 1 nitrogen and oxygen atoms in total. The normalized spacial score (nSPS) is 11.4. The Kier molecular flexibility index (Phi) is 6.55. The average molecular weight is 191 g/mol. The minimum absolute atomic E-state index is 0.985. The molecule has 0 spiro atoms. The first-order valence-corrected chi connectivity index (χ1v) is 5.27. The van der Waals surface area contributed by atoms with Crippen LogP contribution in [0.3, 0.4) is 0 Å². The standard InChI is InChI=1S/C11H15N.C2H6/c1-4-6-10(5-2)11-7-8-12-9(11)3;1-2/h5,7-8,12H,2-4,6H2,1H3;1-2H3/b11-10+;. The topological polar surface area (TPSA) is 15.8 Å². The third-order valence-electron chi connectivity index (χ3n) is 1.94. The van der Waals surface area contributed by atoms with Crippen molar-refractivity contribution in [3.63, 3.8) is 0 Å². The first-order valence-electron chi connectivity index (χ1n) is 5.27. The zero-order valence-electron chi connectivity index (χ0n) is 9.56. The molecule has 1 aromatic heterocycles. The Labute approximate surface area is 86.9 Å². The number of nitrogens with one attached hydrogen (secondary N) is 1. The molecule has 1 heterocycles. The lowest BCUT2D eigenvalue weighted by molar-refractivity contribution is 0.973. The largest absolute Gasteiger partial charge is 0.362 e. The van der Waals surface area contributed by atoms with Crippen LogP contribution in [0.2, 0.25) is 0 Å². The summed E-state index contributed by atoms with van der Waals surface area (Å²) in [4.78, 5) is 3.06. The van der Waals surface area contributed by atoms with E-state index in [4.69, 9.17) is 0 Å². The average Bonchev–Trinajstić information content (AvgIpc) is 2.64. The molecule has 0 atom stereocenters. The summed E-state index contributed by atoms with van der Waals surface area (Å²) in [6.07, 6.45) is 6.05. The Morgan fingerprint density at radius 1 is 1.50 bits per heavy atom. The van der Waals surface area contributed by atoms with Crippen molar-refractivity contribution in [2.24, 2.45) is 0 Å². The van der Waals surface area contributed by atoms with Gasteiger partial charge in [-0.05, 0) is 18.1 Å². The minimum atomic E-state index is 0.985. The molecule has 1 aromatic rings. The summed E-state index contributed by atoms with van der Waals surface area (Å²) in [6.45, 7) is 13.9. The van der Waals surface area contributed by atoms with Crippen molar-refractivity contribution in [1.82, 2.24) is 4.98 Å². The van der Waals surface area contributed by atoms with Gasteiger partial charge in [0, 0.05) is 16.8 Å². The summed E-state index contributed by atoms with van der Waals surface area (Å²) < 4.78 is 0. The van der Waals surface area contributed by atoms with Crippen LogP contribution in [0.25, 0.3) is 12.2 Å². The Balaban J connectivity index is 0.000000791. The smallest absolute Gasteiger partial charge is 0.0383 e. The molecule has 0 aromatic carbocycles. The van der Waals surface area contributed by atoms with E-state index in [9.17, 15) is 0 Å². The highest BCUT2D eigenvalue weighted by Gasteiger charge is 1.92. The van der Waals surface area contributed by atoms with Gasteiger partial charge in [0.1, 0.15) is 0 Å². The number of rotatable bonds is 3. The summed E-state index contributed by atoms with van der Waals surface area (Å²) in [7, 11) is 0. The van der Waals surface area contributed by atoms with Crippen LogP contribution in [-0.4, -0.2) is 4.98 Å². The van der Waals surface area contributed by atoms with Crippen LogP contribution < -0.4 is 10.6 Å². The van der Waals surface area contributed by atoms with Gasteiger partial charge in [-0.3, -0.25) is 0 Å². The van der Waals surface area contributed by atoms with Gasteiger partial charge in [0.2, 0.25) is 0 Å². The zero-order valence-corrected chi connectivity index (χ0v) is 9.56. The molecule has 0 aliphatic rings. The van der Waals surface area contributed by atoms with E-state index in [2.05, 4.69) is 31.1 Å². The van der Waals surface area contributed by atoms with E-state index in [0.29, 0.717) is 0 Å². The monoisotopic (exact) mass is 191 g/mol. The minimum Gasteiger partial charge on any atom is -0.362 e. The van der Waals surface area contributed by atoms with E-state index < -0.39 is 0 Å². The lowest BCUT2D eigenvalue weighted by Gasteiger charge is -1.95. The van der Waals surface area contributed by atoms with Crippen molar-refractivity contribution in [3.05, 3.63) is 35.5 Å². The van der Waals surface area contributed by atoms with Crippen molar-refractivity contribution >= 4 is 12.2 Å². The van der Waals surface area contributed by atoms with Gasteiger partial charge >= 0.3 is 0 Å². The molecular formula is C13H21N. The highest BCUT2D eigenvalue weighted by Crippen LogP contribution is 2.03. The molecule has 1 N–H and O–H groups in total. The van der Waals surface area contributed by atoms with Crippen LogP contribution >= 0.6 is 0 Å². The molecule has 0 radical (unpaired) electrons. The molecule has 0 amide bonds. The highest BCUT2D eigenvalue weighted by molar-refractivity contribution is 5.55. The Bertz CT molecular complexity index is 357. The zero-order chi connectivity index (χ0) is 11.0. The van der Waals surface area contributed by atoms with Gasteiger partial charge in [-0.2, -0.15) is 0 Å². The lowest BCUT2D eigenvalue weighted by Crippen LogP contribution is -2.22. The molecule has 0 saturated heterocycles. The molecule has 0 unspecified atom stereocenters. The molecular weight excluding hydrogens is 170 g/mol. The van der Waals surface area contributed by atoms with E-state index in [1.807, 2.05) is 26.1 Å². The van der Waals surface area contributed by atoms with E-state index in [1.165, 1.54) is 10.8 Å². The fourth-order valence-electron chi connectivity index (χ4n) is 1.32. The first-order chi connectivity index (χ1) is 6.79. The SMILES string of the molecule is C=C/C(CCC)=c1/cc[nH]c1=C.CC. The van der Waals surface area contributed by atoms with Gasteiger partial charge in [-0.25, -0.2) is 0 Å². The van der Waals surface area contributed by atoms with E-state index in [1.54, 1.807) is 0 Å². The van der Waals surface area contributed by atoms with Crippen LogP contribution in [0.15, 0.2) is 24.9 Å². The van der Waals surface area contributed by atoms with Crippen molar-refractivity contribution < 1.29 is 0 Å². The predicted molar refractivity (Wildman–Crippen MR) is 65.4 cm³/mol. The molecule has 0 saturated carbocycles. The summed E-state index contributed by atoms with van der Waals surface area (Å²) in [6, 6.07) is 2.05. The quantitative estimate of drug-likeness (QED) is 0.756. The fourth-order valence-corrected chi connectivity index (χ4v) is 1.32. The Hall–Kier alpha value is -1.24. The lowest BCUT2D eigenvalue weighted by atomic mass is 10.1. The van der Waals surface area contributed by atoms with E-state index >= 15 is 0 Å². The fraction of sp³-hybridized carbons (Fsp3) is 0.385. The number of hydrogen-bond acceptors (Lipinski definition) is 0. The van der Waals surface area contributed by atoms with Crippen LogP contribution in [0.1, 0.15) is 33.6 Å². The maximum atomic E-state index is 3.91. The van der Waals surface area contributed by atoms with Crippen molar-refractivity contribution in [1.29, 1.82) is 0 Å². The Morgan fingerprint density at radius 3 is 2.50 bits per heavy atom. The molecule has 1 heteroatoms. The van der Waals surface area contributed by atoms with Crippen molar-refractivity contribution in [2.75, 3.05) is 0 Å². The number of aromatic amines is 1. The molecule has 0 aliphatic heterocycles. The summed E-state index contributed by atoms with van der Waals surface area (Å²) in [5.74, 6) is 0. The third-order valence-corrected chi connectivity index (χ3v) is 1.94. The number of H-pyrrole nitrogens is 1. The van der Waals surface area contributed by atoms with Crippen LogP contribution in [0.5, 0.6) is 0 Å². The summed E-state index contributed by atoms with van der Waals surface area (Å²) >= 11 is 0. The van der Waals surface area contributed by atoms with Gasteiger partial charge in [0.05, 0.1) is 0 Å². The van der Waals surface area contributed by atoms with Gasteiger partial charge in [0.25, 0.3) is 0 Å². The Morgan fingerprint density at radius 2 is 2.14 bits per heavy atom. The van der Waals surface area contributed by atoms with Crippen molar-refractivity contribution in [3.8, 4) is 0 Å². The molecule has 1 rings (SSSR count). The molecule has 0 fully saturated rings. The predicted octanol–water partition coefficient (Wildman–Crippen LogP) is 2.59. The first kappa shape index (κ1) is 12.8. The van der Waals surface area contributed by atoms with Crippen LogP contribution in [0, 0.1) is 0 Å². The molecule has 78 valence electrons. The van der Waals surface area contributed by atoms with Gasteiger partial charge in [0.15, 0.2) is 0 Å². The van der Waals surface area contributed by atoms with E-state index in [-0.39, 0.29) is 0 Å². The van der Waals surface area contributed by atoms with Gasteiger partial charge in [-0.15, -0.1) is 0 Å². The van der Waals surface area contributed by atoms with Crippen LogP contribution in [0.4, 0.5) is 0 Å². The summed E-state index contributed by atoms with van der Waals surface area (Å²) in [5, 5.41) is 2.19. The van der Waals surface area contributed by atoms with Gasteiger partial charge in [-0.1, -0.05) is 46.4 Å². The number of hydrogen-bond donors (Lipinski definition) is 1. The summed E-state index contributed by atoms with van der Waals surface area (Å²) in [5.41, 5.74) is 1.28. The van der Waals surface area contributed by atoms with Crippen molar-refractivity contribution in [2.45, 2.75) is 33.6 Å².